The van der Waals surface area contributed by atoms with Crippen LogP contribution >= 0.6 is 0 Å². The molecule has 2 N–H and O–H groups in total. The number of hydrogen-bond acceptors (Lipinski definition) is 4. The van der Waals surface area contributed by atoms with Gasteiger partial charge in [0.25, 0.3) is 0 Å². The van der Waals surface area contributed by atoms with Crippen molar-refractivity contribution < 1.29 is 14.6 Å². The number of carboxylic acids is 1. The van der Waals surface area contributed by atoms with Crippen LogP contribution < -0.4 is 15.0 Å². The lowest BCUT2D eigenvalue weighted by molar-refractivity contribution is -0.137. The molecule has 0 saturated heterocycles. The van der Waals surface area contributed by atoms with Gasteiger partial charge in [0, 0.05) is 13.0 Å². The van der Waals surface area contributed by atoms with E-state index in [-0.39, 0.29) is 6.42 Å². The lowest BCUT2D eigenvalue weighted by Gasteiger charge is -2.33. The average Bonchev–Trinajstić information content (AvgIpc) is 2.56. The van der Waals surface area contributed by atoms with Crippen LogP contribution in [0.5, 0.6) is 5.75 Å². The molecule has 0 amide bonds. The quantitative estimate of drug-likeness (QED) is 0.785. The fourth-order valence-electron chi connectivity index (χ4n) is 2.82. The Morgan fingerprint density at radius 2 is 1.96 bits per heavy atom. The van der Waals surface area contributed by atoms with Crippen molar-refractivity contribution in [2.45, 2.75) is 19.8 Å². The Labute approximate surface area is 135 Å². The standard InChI is InChI=1S/C18H20N2O3/c1-2-20-14-8-4-3-7-13(14)19-18-15(20)9-5-10-16(18)23-12-6-11-17(21)22/h3-5,7-10,19H,2,6,11-12H2,1H3,(H,21,22). The van der Waals surface area contributed by atoms with Gasteiger partial charge in [0.2, 0.25) is 0 Å². The van der Waals surface area contributed by atoms with Crippen LogP contribution in [-0.2, 0) is 4.79 Å². The molecule has 0 fully saturated rings. The zero-order chi connectivity index (χ0) is 16.2. The molecule has 2 aromatic carbocycles. The van der Waals surface area contributed by atoms with Crippen molar-refractivity contribution in [3.63, 3.8) is 0 Å². The second-order valence-corrected chi connectivity index (χ2v) is 5.38. The molecule has 0 bridgehead atoms. The zero-order valence-corrected chi connectivity index (χ0v) is 13.1. The third kappa shape index (κ3) is 3.08. The van der Waals surface area contributed by atoms with Crippen LogP contribution in [0, 0.1) is 0 Å². The van der Waals surface area contributed by atoms with Gasteiger partial charge < -0.3 is 20.1 Å². The van der Waals surface area contributed by atoms with Gasteiger partial charge in [-0.25, -0.2) is 0 Å². The molecule has 0 aliphatic carbocycles. The van der Waals surface area contributed by atoms with Crippen LogP contribution in [0.15, 0.2) is 42.5 Å². The molecule has 1 aliphatic rings. The second-order valence-electron chi connectivity index (χ2n) is 5.38. The minimum absolute atomic E-state index is 0.117. The number of anilines is 4. The molecule has 2 aromatic rings. The number of fused-ring (bicyclic) bond motifs is 2. The number of benzene rings is 2. The van der Waals surface area contributed by atoms with Crippen molar-refractivity contribution in [2.24, 2.45) is 0 Å². The molecule has 0 aromatic heterocycles. The molecular formula is C18H20N2O3. The Balaban J connectivity index is 1.85. The summed E-state index contributed by atoms with van der Waals surface area (Å²) >= 11 is 0. The van der Waals surface area contributed by atoms with Gasteiger partial charge in [-0.3, -0.25) is 4.79 Å². The van der Waals surface area contributed by atoms with E-state index in [4.69, 9.17) is 9.84 Å². The largest absolute Gasteiger partial charge is 0.491 e. The van der Waals surface area contributed by atoms with E-state index in [2.05, 4.69) is 29.3 Å². The number of aliphatic carboxylic acids is 1. The highest BCUT2D eigenvalue weighted by Gasteiger charge is 2.23. The molecule has 0 radical (unpaired) electrons. The summed E-state index contributed by atoms with van der Waals surface area (Å²) in [6, 6.07) is 14.1. The molecule has 1 heterocycles. The topological polar surface area (TPSA) is 61.8 Å². The van der Waals surface area contributed by atoms with Gasteiger partial charge in [0.1, 0.15) is 11.4 Å². The molecule has 0 atom stereocenters. The Morgan fingerprint density at radius 3 is 2.74 bits per heavy atom. The maximum Gasteiger partial charge on any atom is 0.303 e. The molecular weight excluding hydrogens is 292 g/mol. The first-order valence-electron chi connectivity index (χ1n) is 7.82. The highest BCUT2D eigenvalue weighted by Crippen LogP contribution is 2.47. The van der Waals surface area contributed by atoms with Crippen molar-refractivity contribution in [3.8, 4) is 5.75 Å². The van der Waals surface area contributed by atoms with Gasteiger partial charge in [0.15, 0.2) is 0 Å². The third-order valence-electron chi connectivity index (χ3n) is 3.86. The van der Waals surface area contributed by atoms with Crippen LogP contribution in [0.4, 0.5) is 22.7 Å². The van der Waals surface area contributed by atoms with E-state index in [0.717, 1.165) is 35.0 Å². The van der Waals surface area contributed by atoms with Crippen molar-refractivity contribution in [1.29, 1.82) is 0 Å². The summed E-state index contributed by atoms with van der Waals surface area (Å²) in [4.78, 5) is 12.8. The van der Waals surface area contributed by atoms with Gasteiger partial charge in [0.05, 0.1) is 23.7 Å². The van der Waals surface area contributed by atoms with Gasteiger partial charge in [-0.15, -0.1) is 0 Å². The van der Waals surface area contributed by atoms with E-state index >= 15 is 0 Å². The molecule has 0 spiro atoms. The summed E-state index contributed by atoms with van der Waals surface area (Å²) in [6.45, 7) is 3.36. The van der Waals surface area contributed by atoms with E-state index in [0.29, 0.717) is 13.0 Å². The van der Waals surface area contributed by atoms with Crippen molar-refractivity contribution in [3.05, 3.63) is 42.5 Å². The minimum Gasteiger partial charge on any atom is -0.491 e. The fourth-order valence-corrected chi connectivity index (χ4v) is 2.82. The normalized spacial score (nSPS) is 12.1. The van der Waals surface area contributed by atoms with Crippen molar-refractivity contribution in [1.82, 2.24) is 0 Å². The molecule has 5 heteroatoms. The van der Waals surface area contributed by atoms with Crippen molar-refractivity contribution in [2.75, 3.05) is 23.4 Å². The van der Waals surface area contributed by atoms with Gasteiger partial charge in [-0.05, 0) is 37.6 Å². The predicted molar refractivity (Wildman–Crippen MR) is 91.2 cm³/mol. The lowest BCUT2D eigenvalue weighted by Crippen LogP contribution is -2.22. The number of rotatable bonds is 6. The average molecular weight is 312 g/mol. The smallest absolute Gasteiger partial charge is 0.303 e. The van der Waals surface area contributed by atoms with E-state index in [1.54, 1.807) is 0 Å². The van der Waals surface area contributed by atoms with E-state index in [9.17, 15) is 4.79 Å². The summed E-state index contributed by atoms with van der Waals surface area (Å²) in [7, 11) is 0. The molecule has 0 unspecified atom stereocenters. The fraction of sp³-hybridized carbons (Fsp3) is 0.278. The first-order chi connectivity index (χ1) is 11.2. The number of carbonyl (C=O) groups is 1. The highest BCUT2D eigenvalue weighted by molar-refractivity contribution is 5.94. The molecule has 3 rings (SSSR count). The summed E-state index contributed by atoms with van der Waals surface area (Å²) in [5.41, 5.74) is 4.19. The SMILES string of the molecule is CCN1c2ccccc2Nc2c(OCCCC(=O)O)cccc21. The number of carboxylic acid groups (broad SMARTS) is 1. The Bertz CT molecular complexity index is 715. The van der Waals surface area contributed by atoms with Crippen molar-refractivity contribution >= 4 is 28.7 Å². The monoisotopic (exact) mass is 312 g/mol. The van der Waals surface area contributed by atoms with E-state index in [1.165, 1.54) is 0 Å². The Morgan fingerprint density at radius 1 is 1.17 bits per heavy atom. The Kier molecular flexibility index (Phi) is 4.37. The van der Waals surface area contributed by atoms with Crippen LogP contribution in [0.3, 0.4) is 0 Å². The summed E-state index contributed by atoms with van der Waals surface area (Å²) in [5.74, 6) is -0.0475. The Hall–Kier alpha value is -2.69. The third-order valence-corrected chi connectivity index (χ3v) is 3.86. The van der Waals surface area contributed by atoms with Crippen LogP contribution in [0.2, 0.25) is 0 Å². The molecule has 120 valence electrons. The molecule has 5 nitrogen and oxygen atoms in total. The molecule has 23 heavy (non-hydrogen) atoms. The number of nitrogens with zero attached hydrogens (tertiary/aromatic N) is 1. The first kappa shape index (κ1) is 15.2. The van der Waals surface area contributed by atoms with Crippen LogP contribution in [0.1, 0.15) is 19.8 Å². The highest BCUT2D eigenvalue weighted by atomic mass is 16.5. The summed E-state index contributed by atoms with van der Waals surface area (Å²) in [5, 5.41) is 12.1. The predicted octanol–water partition coefficient (Wildman–Crippen LogP) is 4.15. The second kappa shape index (κ2) is 6.60. The number of ether oxygens (including phenoxy) is 1. The number of hydrogen-bond donors (Lipinski definition) is 2. The van der Waals surface area contributed by atoms with E-state index < -0.39 is 5.97 Å². The van der Waals surface area contributed by atoms with Gasteiger partial charge in [-0.2, -0.15) is 0 Å². The molecule has 1 aliphatic heterocycles. The molecule has 0 saturated carbocycles. The van der Waals surface area contributed by atoms with Crippen LogP contribution in [-0.4, -0.2) is 24.2 Å². The number of para-hydroxylation sites is 3. The number of nitrogens with one attached hydrogen (secondary N) is 1. The minimum atomic E-state index is -0.798. The van der Waals surface area contributed by atoms with E-state index in [1.807, 2.05) is 30.3 Å². The van der Waals surface area contributed by atoms with Crippen LogP contribution in [0.25, 0.3) is 0 Å². The summed E-state index contributed by atoms with van der Waals surface area (Å²) < 4.78 is 5.81. The maximum atomic E-state index is 10.6. The van der Waals surface area contributed by atoms with Gasteiger partial charge >= 0.3 is 5.97 Å². The lowest BCUT2D eigenvalue weighted by atomic mass is 10.1. The zero-order valence-electron chi connectivity index (χ0n) is 13.1. The maximum absolute atomic E-state index is 10.6. The first-order valence-corrected chi connectivity index (χ1v) is 7.82. The van der Waals surface area contributed by atoms with Gasteiger partial charge in [-0.1, -0.05) is 18.2 Å². The summed E-state index contributed by atoms with van der Waals surface area (Å²) in [6.07, 6.45) is 0.611.